The summed E-state index contributed by atoms with van der Waals surface area (Å²) in [7, 11) is 1.46. The number of aromatic nitrogens is 1. The van der Waals surface area contributed by atoms with Crippen LogP contribution in [0.4, 0.5) is 0 Å². The highest BCUT2D eigenvalue weighted by Crippen LogP contribution is 2.16. The minimum absolute atomic E-state index is 0.113. The quantitative estimate of drug-likeness (QED) is 0.802. The van der Waals surface area contributed by atoms with Gasteiger partial charge >= 0.3 is 0 Å². The molecule has 0 aliphatic heterocycles. The largest absolute Gasteiger partial charge is 0.480 e. The number of ether oxygens (including phenoxy) is 1. The Labute approximate surface area is 101 Å². The number of hydrogen-bond acceptors (Lipinski definition) is 4. The first kappa shape index (κ1) is 13.4. The van der Waals surface area contributed by atoms with Gasteiger partial charge in [-0.2, -0.15) is 0 Å². The molecule has 2 N–H and O–H groups in total. The second-order valence-corrected chi connectivity index (χ2v) is 4.09. The van der Waals surface area contributed by atoms with Crippen molar-refractivity contribution in [3.05, 3.63) is 23.9 Å². The van der Waals surface area contributed by atoms with Gasteiger partial charge in [0.2, 0.25) is 5.88 Å². The monoisotopic (exact) mass is 238 g/mol. The minimum atomic E-state index is -0.627. The Hall–Kier alpha value is -1.62. The van der Waals surface area contributed by atoms with E-state index in [2.05, 4.69) is 10.3 Å². The van der Waals surface area contributed by atoms with E-state index in [1.165, 1.54) is 7.11 Å². The molecule has 0 spiro atoms. The van der Waals surface area contributed by atoms with Crippen molar-refractivity contribution in [2.45, 2.75) is 25.8 Å². The number of aliphatic hydroxyl groups excluding tert-OH is 1. The number of carbonyl (C=O) groups is 1. The Kier molecular flexibility index (Phi) is 4.45. The van der Waals surface area contributed by atoms with Crippen molar-refractivity contribution in [3.8, 4) is 5.88 Å². The topological polar surface area (TPSA) is 71.5 Å². The van der Waals surface area contributed by atoms with E-state index in [1.54, 1.807) is 25.3 Å². The Balaban J connectivity index is 2.90. The lowest BCUT2D eigenvalue weighted by Gasteiger charge is -2.27. The molecule has 0 radical (unpaired) electrons. The summed E-state index contributed by atoms with van der Waals surface area (Å²) in [5.41, 5.74) is -0.263. The van der Waals surface area contributed by atoms with Gasteiger partial charge in [-0.25, -0.2) is 4.98 Å². The molecule has 0 fully saturated rings. The van der Waals surface area contributed by atoms with Crippen LogP contribution in [0.2, 0.25) is 0 Å². The third-order valence-electron chi connectivity index (χ3n) is 2.75. The van der Waals surface area contributed by atoms with E-state index in [4.69, 9.17) is 4.74 Å². The van der Waals surface area contributed by atoms with Crippen LogP contribution in [0.25, 0.3) is 0 Å². The number of carbonyl (C=O) groups excluding carboxylic acids is 1. The van der Waals surface area contributed by atoms with Crippen LogP contribution in [0.5, 0.6) is 5.88 Å². The smallest absolute Gasteiger partial charge is 0.257 e. The number of rotatable bonds is 5. The lowest BCUT2D eigenvalue weighted by molar-refractivity contribution is 0.0843. The van der Waals surface area contributed by atoms with Gasteiger partial charge in [0.25, 0.3) is 5.91 Å². The van der Waals surface area contributed by atoms with Crippen LogP contribution < -0.4 is 10.1 Å². The second-order valence-electron chi connectivity index (χ2n) is 4.09. The number of hydrogen-bond donors (Lipinski definition) is 2. The van der Waals surface area contributed by atoms with E-state index in [0.29, 0.717) is 12.0 Å². The van der Waals surface area contributed by atoms with Crippen molar-refractivity contribution >= 4 is 5.91 Å². The molecular weight excluding hydrogens is 220 g/mol. The van der Waals surface area contributed by atoms with Crippen molar-refractivity contribution in [3.63, 3.8) is 0 Å². The molecule has 1 rings (SSSR count). The molecule has 1 heterocycles. The summed E-state index contributed by atoms with van der Waals surface area (Å²) in [6.45, 7) is 3.57. The van der Waals surface area contributed by atoms with Crippen molar-refractivity contribution < 1.29 is 14.6 Å². The molecule has 5 heteroatoms. The molecule has 1 atom stereocenters. The molecule has 0 aliphatic rings. The lowest BCUT2D eigenvalue weighted by Crippen LogP contribution is -2.48. The molecule has 0 aliphatic carbocycles. The maximum atomic E-state index is 12.0. The Morgan fingerprint density at radius 1 is 1.65 bits per heavy atom. The van der Waals surface area contributed by atoms with E-state index in [-0.39, 0.29) is 18.4 Å². The van der Waals surface area contributed by atoms with Gasteiger partial charge in [0, 0.05) is 6.20 Å². The van der Waals surface area contributed by atoms with Crippen LogP contribution in [-0.2, 0) is 0 Å². The number of nitrogens with one attached hydrogen (secondary N) is 1. The zero-order chi connectivity index (χ0) is 12.9. The van der Waals surface area contributed by atoms with Gasteiger partial charge in [-0.15, -0.1) is 0 Å². The Morgan fingerprint density at radius 3 is 2.88 bits per heavy atom. The van der Waals surface area contributed by atoms with E-state index in [9.17, 15) is 9.90 Å². The SMILES string of the molecule is CCC(C)(CO)NC(=O)c1cccnc1OC. The maximum Gasteiger partial charge on any atom is 0.257 e. The standard InChI is InChI=1S/C12H18N2O3/c1-4-12(2,8-15)14-10(16)9-6-5-7-13-11(9)17-3/h5-7,15H,4,8H2,1-3H3,(H,14,16). The fourth-order valence-electron chi connectivity index (χ4n) is 1.31. The highest BCUT2D eigenvalue weighted by Gasteiger charge is 2.25. The van der Waals surface area contributed by atoms with Gasteiger partial charge < -0.3 is 15.2 Å². The molecule has 0 bridgehead atoms. The van der Waals surface area contributed by atoms with Gasteiger partial charge in [0.1, 0.15) is 5.56 Å². The van der Waals surface area contributed by atoms with Crippen molar-refractivity contribution in [1.82, 2.24) is 10.3 Å². The van der Waals surface area contributed by atoms with Crippen LogP contribution in [-0.4, -0.2) is 35.3 Å². The summed E-state index contributed by atoms with van der Waals surface area (Å²) in [4.78, 5) is 16.0. The summed E-state index contributed by atoms with van der Waals surface area (Å²) in [5, 5.41) is 12.0. The Bertz CT molecular complexity index is 389. The Morgan fingerprint density at radius 2 is 2.35 bits per heavy atom. The third kappa shape index (κ3) is 3.17. The summed E-state index contributed by atoms with van der Waals surface area (Å²) in [5.74, 6) is -0.0188. The second kappa shape index (κ2) is 5.63. The van der Waals surface area contributed by atoms with Crippen LogP contribution >= 0.6 is 0 Å². The minimum Gasteiger partial charge on any atom is -0.480 e. The third-order valence-corrected chi connectivity index (χ3v) is 2.75. The molecule has 1 unspecified atom stereocenters. The van der Waals surface area contributed by atoms with Gasteiger partial charge in [-0.1, -0.05) is 6.92 Å². The molecule has 1 aromatic rings. The average molecular weight is 238 g/mol. The number of pyridine rings is 1. The number of nitrogens with zero attached hydrogens (tertiary/aromatic N) is 1. The molecule has 17 heavy (non-hydrogen) atoms. The first-order chi connectivity index (χ1) is 8.06. The lowest BCUT2D eigenvalue weighted by atomic mass is 10.00. The van der Waals surface area contributed by atoms with Crippen LogP contribution in [0, 0.1) is 0 Å². The van der Waals surface area contributed by atoms with E-state index < -0.39 is 5.54 Å². The fraction of sp³-hybridized carbons (Fsp3) is 0.500. The summed E-state index contributed by atoms with van der Waals surface area (Å²) in [6.07, 6.45) is 2.19. The molecule has 94 valence electrons. The summed E-state index contributed by atoms with van der Waals surface area (Å²) >= 11 is 0. The number of aliphatic hydroxyl groups is 1. The molecule has 0 saturated carbocycles. The van der Waals surface area contributed by atoms with Crippen molar-refractivity contribution in [2.75, 3.05) is 13.7 Å². The molecule has 5 nitrogen and oxygen atoms in total. The van der Waals surface area contributed by atoms with Gasteiger partial charge in [0.15, 0.2) is 0 Å². The predicted octanol–water partition coefficient (Wildman–Crippen LogP) is 0.981. The zero-order valence-electron chi connectivity index (χ0n) is 10.4. The van der Waals surface area contributed by atoms with E-state index >= 15 is 0 Å². The average Bonchev–Trinajstić information content (AvgIpc) is 2.38. The van der Waals surface area contributed by atoms with Gasteiger partial charge in [-0.05, 0) is 25.5 Å². The predicted molar refractivity (Wildman–Crippen MR) is 64.0 cm³/mol. The summed E-state index contributed by atoms with van der Waals surface area (Å²) in [6, 6.07) is 3.30. The maximum absolute atomic E-state index is 12.0. The van der Waals surface area contributed by atoms with Crippen LogP contribution in [0.15, 0.2) is 18.3 Å². The zero-order valence-corrected chi connectivity index (χ0v) is 10.4. The molecule has 0 saturated heterocycles. The van der Waals surface area contributed by atoms with Crippen LogP contribution in [0.3, 0.4) is 0 Å². The highest BCUT2D eigenvalue weighted by atomic mass is 16.5. The van der Waals surface area contributed by atoms with Crippen LogP contribution in [0.1, 0.15) is 30.6 Å². The highest BCUT2D eigenvalue weighted by molar-refractivity contribution is 5.96. The first-order valence-electron chi connectivity index (χ1n) is 5.48. The fourth-order valence-corrected chi connectivity index (χ4v) is 1.31. The van der Waals surface area contributed by atoms with Gasteiger partial charge in [0.05, 0.1) is 19.3 Å². The van der Waals surface area contributed by atoms with Crippen molar-refractivity contribution in [2.24, 2.45) is 0 Å². The van der Waals surface area contributed by atoms with E-state index in [0.717, 1.165) is 0 Å². The van der Waals surface area contributed by atoms with E-state index in [1.807, 2.05) is 6.92 Å². The molecule has 0 aromatic carbocycles. The van der Waals surface area contributed by atoms with Crippen molar-refractivity contribution in [1.29, 1.82) is 0 Å². The molecule has 1 aromatic heterocycles. The summed E-state index contributed by atoms with van der Waals surface area (Å²) < 4.78 is 5.01. The normalized spacial score (nSPS) is 13.9. The first-order valence-corrected chi connectivity index (χ1v) is 5.48. The van der Waals surface area contributed by atoms with Gasteiger partial charge in [-0.3, -0.25) is 4.79 Å². The molecule has 1 amide bonds. The number of amides is 1. The number of methoxy groups -OCH3 is 1. The molecular formula is C12H18N2O3.